The Morgan fingerprint density at radius 2 is 2.18 bits per heavy atom. The van der Waals surface area contributed by atoms with Crippen LogP contribution in [0, 0.1) is 6.92 Å². The first-order valence-corrected chi connectivity index (χ1v) is 5.50. The summed E-state index contributed by atoms with van der Waals surface area (Å²) in [5.41, 5.74) is 7.12. The van der Waals surface area contributed by atoms with Gasteiger partial charge in [-0.25, -0.2) is 4.98 Å². The van der Waals surface area contributed by atoms with Crippen molar-refractivity contribution in [3.63, 3.8) is 0 Å². The van der Waals surface area contributed by atoms with Crippen molar-refractivity contribution in [2.75, 3.05) is 31.2 Å². The molecule has 1 fully saturated rings. The summed E-state index contributed by atoms with van der Waals surface area (Å²) >= 11 is 0. The number of nitrogens with zero attached hydrogens (tertiary/aromatic N) is 3. The maximum Gasteiger partial charge on any atom is 0.170 e. The molecule has 0 aliphatic carbocycles. The van der Waals surface area contributed by atoms with Crippen LogP contribution in [0.4, 0.5) is 5.82 Å². The van der Waals surface area contributed by atoms with Gasteiger partial charge in [0.2, 0.25) is 0 Å². The van der Waals surface area contributed by atoms with E-state index in [2.05, 4.69) is 15.0 Å². The molecule has 0 amide bonds. The topological polar surface area (TPSA) is 84.0 Å². The van der Waals surface area contributed by atoms with Crippen LogP contribution in [0.3, 0.4) is 0 Å². The van der Waals surface area contributed by atoms with Gasteiger partial charge < -0.3 is 20.6 Å². The van der Waals surface area contributed by atoms with Crippen molar-refractivity contribution in [1.82, 2.24) is 4.98 Å². The lowest BCUT2D eigenvalue weighted by molar-refractivity contribution is 0.122. The molecule has 0 saturated carbocycles. The van der Waals surface area contributed by atoms with Gasteiger partial charge in [-0.15, -0.1) is 0 Å². The van der Waals surface area contributed by atoms with Crippen molar-refractivity contribution in [3.05, 3.63) is 23.4 Å². The van der Waals surface area contributed by atoms with E-state index in [1.54, 1.807) is 6.07 Å². The third-order valence-corrected chi connectivity index (χ3v) is 2.68. The molecule has 1 aromatic heterocycles. The van der Waals surface area contributed by atoms with Gasteiger partial charge in [-0.2, -0.15) is 0 Å². The zero-order valence-electron chi connectivity index (χ0n) is 9.76. The maximum atomic E-state index is 8.69. The highest BCUT2D eigenvalue weighted by molar-refractivity contribution is 5.97. The number of oxime groups is 1. The minimum absolute atomic E-state index is 0.102. The van der Waals surface area contributed by atoms with Crippen LogP contribution >= 0.6 is 0 Å². The first-order valence-electron chi connectivity index (χ1n) is 5.50. The third kappa shape index (κ3) is 2.65. The second-order valence-corrected chi connectivity index (χ2v) is 3.94. The molecule has 2 heterocycles. The van der Waals surface area contributed by atoms with Gasteiger partial charge in [-0.3, -0.25) is 0 Å². The van der Waals surface area contributed by atoms with Crippen LogP contribution in [0.1, 0.15) is 11.3 Å². The van der Waals surface area contributed by atoms with E-state index in [0.29, 0.717) is 18.8 Å². The summed E-state index contributed by atoms with van der Waals surface area (Å²) in [6, 6.07) is 3.62. The second-order valence-electron chi connectivity index (χ2n) is 3.94. The van der Waals surface area contributed by atoms with E-state index < -0.39 is 0 Å². The number of ether oxygens (including phenoxy) is 1. The Kier molecular flexibility index (Phi) is 3.43. The molecule has 1 aliphatic rings. The Labute approximate surface area is 99.7 Å². The summed E-state index contributed by atoms with van der Waals surface area (Å²) in [5.74, 6) is 0.944. The molecule has 0 bridgehead atoms. The summed E-state index contributed by atoms with van der Waals surface area (Å²) in [6.07, 6.45) is 0. The molecule has 1 aliphatic heterocycles. The Hall–Kier alpha value is -1.82. The normalized spacial score (nSPS) is 17.2. The van der Waals surface area contributed by atoms with Gasteiger partial charge in [0.05, 0.1) is 13.2 Å². The fraction of sp³-hybridized carbons (Fsp3) is 0.455. The molecule has 6 heteroatoms. The van der Waals surface area contributed by atoms with E-state index in [0.717, 1.165) is 24.6 Å². The molecular formula is C11H16N4O2. The number of morpholine rings is 1. The summed E-state index contributed by atoms with van der Waals surface area (Å²) in [5, 5.41) is 11.7. The van der Waals surface area contributed by atoms with E-state index in [9.17, 15) is 0 Å². The number of rotatable bonds is 2. The SMILES string of the molecule is Cc1cc(/C(N)=N/O)cc(N2CCOCC2)n1. The van der Waals surface area contributed by atoms with Crippen molar-refractivity contribution < 1.29 is 9.94 Å². The van der Waals surface area contributed by atoms with Gasteiger partial charge in [0.15, 0.2) is 5.84 Å². The number of hydrogen-bond acceptors (Lipinski definition) is 5. The van der Waals surface area contributed by atoms with Crippen molar-refractivity contribution in [1.29, 1.82) is 0 Å². The van der Waals surface area contributed by atoms with Crippen LogP contribution in [0.5, 0.6) is 0 Å². The van der Waals surface area contributed by atoms with Crippen molar-refractivity contribution >= 4 is 11.7 Å². The molecule has 3 N–H and O–H groups in total. The lowest BCUT2D eigenvalue weighted by Crippen LogP contribution is -2.37. The molecule has 1 aromatic rings. The quantitative estimate of drug-likeness (QED) is 0.334. The Morgan fingerprint density at radius 1 is 1.47 bits per heavy atom. The molecule has 0 aromatic carbocycles. The molecule has 6 nitrogen and oxygen atoms in total. The molecule has 17 heavy (non-hydrogen) atoms. The average Bonchev–Trinajstić information content (AvgIpc) is 2.38. The van der Waals surface area contributed by atoms with Crippen molar-refractivity contribution in [2.24, 2.45) is 10.9 Å². The van der Waals surface area contributed by atoms with Crippen molar-refractivity contribution in [3.8, 4) is 0 Å². The zero-order chi connectivity index (χ0) is 12.3. The van der Waals surface area contributed by atoms with Gasteiger partial charge in [-0.1, -0.05) is 5.16 Å². The lowest BCUT2D eigenvalue weighted by atomic mass is 10.2. The minimum atomic E-state index is 0.102. The number of aromatic nitrogens is 1. The van der Waals surface area contributed by atoms with Gasteiger partial charge in [0.25, 0.3) is 0 Å². The minimum Gasteiger partial charge on any atom is -0.409 e. The van der Waals surface area contributed by atoms with E-state index in [1.165, 1.54) is 0 Å². The molecule has 0 radical (unpaired) electrons. The lowest BCUT2D eigenvalue weighted by Gasteiger charge is -2.28. The predicted molar refractivity (Wildman–Crippen MR) is 64.5 cm³/mol. The smallest absolute Gasteiger partial charge is 0.170 e. The number of pyridine rings is 1. The molecular weight excluding hydrogens is 220 g/mol. The zero-order valence-corrected chi connectivity index (χ0v) is 9.76. The van der Waals surface area contributed by atoms with Crippen LogP contribution in [-0.4, -0.2) is 42.3 Å². The van der Waals surface area contributed by atoms with Crippen LogP contribution in [-0.2, 0) is 4.74 Å². The first-order chi connectivity index (χ1) is 8.20. The van der Waals surface area contributed by atoms with Crippen LogP contribution < -0.4 is 10.6 Å². The Balaban J connectivity index is 2.30. The van der Waals surface area contributed by atoms with Crippen LogP contribution in [0.25, 0.3) is 0 Å². The standard InChI is InChI=1S/C11H16N4O2/c1-8-6-9(11(12)14-16)7-10(13-8)15-2-4-17-5-3-15/h6-7,16H,2-5H2,1H3,(H2,12,14). The summed E-state index contributed by atoms with van der Waals surface area (Å²) in [4.78, 5) is 6.58. The number of anilines is 1. The van der Waals surface area contributed by atoms with Gasteiger partial charge in [-0.05, 0) is 19.1 Å². The number of amidine groups is 1. The monoisotopic (exact) mass is 236 g/mol. The second kappa shape index (κ2) is 5.01. The summed E-state index contributed by atoms with van der Waals surface area (Å²) in [6.45, 7) is 4.92. The van der Waals surface area contributed by atoms with Crippen molar-refractivity contribution in [2.45, 2.75) is 6.92 Å². The summed E-state index contributed by atoms with van der Waals surface area (Å²) < 4.78 is 5.29. The maximum absolute atomic E-state index is 8.69. The predicted octanol–water partition coefficient (Wildman–Crippen LogP) is 0.321. The fourth-order valence-electron chi connectivity index (χ4n) is 1.81. The Bertz CT molecular complexity index is 427. The highest BCUT2D eigenvalue weighted by atomic mass is 16.5. The van der Waals surface area contributed by atoms with Crippen LogP contribution in [0.15, 0.2) is 17.3 Å². The number of hydrogen-bond donors (Lipinski definition) is 2. The average molecular weight is 236 g/mol. The number of aryl methyl sites for hydroxylation is 1. The van der Waals surface area contributed by atoms with E-state index in [4.69, 9.17) is 15.7 Å². The largest absolute Gasteiger partial charge is 0.409 e. The number of nitrogens with two attached hydrogens (primary N) is 1. The molecule has 92 valence electrons. The highest BCUT2D eigenvalue weighted by Crippen LogP contribution is 2.16. The fourth-order valence-corrected chi connectivity index (χ4v) is 1.81. The van der Waals surface area contributed by atoms with E-state index in [1.807, 2.05) is 13.0 Å². The van der Waals surface area contributed by atoms with Gasteiger partial charge in [0, 0.05) is 24.3 Å². The summed E-state index contributed by atoms with van der Waals surface area (Å²) in [7, 11) is 0. The molecule has 1 saturated heterocycles. The van der Waals surface area contributed by atoms with Crippen LogP contribution in [0.2, 0.25) is 0 Å². The van der Waals surface area contributed by atoms with Gasteiger partial charge >= 0.3 is 0 Å². The molecule has 0 unspecified atom stereocenters. The van der Waals surface area contributed by atoms with Gasteiger partial charge in [0.1, 0.15) is 5.82 Å². The van der Waals surface area contributed by atoms with E-state index in [-0.39, 0.29) is 5.84 Å². The molecule has 0 spiro atoms. The highest BCUT2D eigenvalue weighted by Gasteiger charge is 2.14. The first kappa shape index (κ1) is 11.7. The van der Waals surface area contributed by atoms with E-state index >= 15 is 0 Å². The molecule has 2 rings (SSSR count). The third-order valence-electron chi connectivity index (χ3n) is 2.68. The molecule has 0 atom stereocenters. The Morgan fingerprint density at radius 3 is 2.82 bits per heavy atom.